The quantitative estimate of drug-likeness (QED) is 0.733. The molecule has 1 amide bonds. The molecule has 0 unspecified atom stereocenters. The maximum atomic E-state index is 12.3. The average Bonchev–Trinajstić information content (AvgIpc) is 2.66. The molecule has 0 aromatic heterocycles. The molecule has 144 valence electrons. The summed E-state index contributed by atoms with van der Waals surface area (Å²) in [5.41, 5.74) is 1.55. The normalized spacial score (nSPS) is 11.3. The minimum atomic E-state index is -3.58. The summed E-state index contributed by atoms with van der Waals surface area (Å²) in [5.74, 6) is -1.26. The highest BCUT2D eigenvalue weighted by Crippen LogP contribution is 2.23. The van der Waals surface area contributed by atoms with Gasteiger partial charge in [-0.05, 0) is 29.7 Å². The first-order chi connectivity index (χ1) is 12.8. The molecule has 0 bridgehead atoms. The Morgan fingerprint density at radius 3 is 2.33 bits per heavy atom. The van der Waals surface area contributed by atoms with E-state index in [2.05, 4.69) is 5.32 Å². The third kappa shape index (κ3) is 5.17. The lowest BCUT2D eigenvalue weighted by Gasteiger charge is -2.14. The van der Waals surface area contributed by atoms with Crippen molar-refractivity contribution in [3.63, 3.8) is 0 Å². The van der Waals surface area contributed by atoms with Crippen LogP contribution in [0.1, 0.15) is 42.6 Å². The van der Waals surface area contributed by atoms with Gasteiger partial charge >= 0.3 is 5.97 Å². The number of hydrogen-bond donors (Lipinski definition) is 1. The number of para-hydroxylation sites is 1. The summed E-state index contributed by atoms with van der Waals surface area (Å²) < 4.78 is 29.3. The molecule has 0 aliphatic carbocycles. The van der Waals surface area contributed by atoms with Crippen molar-refractivity contribution in [1.29, 1.82) is 0 Å². The second-order valence-corrected chi connectivity index (χ2v) is 8.51. The van der Waals surface area contributed by atoms with Gasteiger partial charge in [-0.25, -0.2) is 13.2 Å². The summed E-state index contributed by atoms with van der Waals surface area (Å²) in [6.07, 6.45) is 0. The van der Waals surface area contributed by atoms with E-state index in [1.807, 2.05) is 26.0 Å². The Bertz CT molecular complexity index is 935. The first-order valence-corrected chi connectivity index (χ1v) is 10.3. The SMILES string of the molecule is CCS(=O)(=O)c1ccccc1C(=O)OCC(=O)Nc1ccccc1C(C)C. The van der Waals surface area contributed by atoms with Crippen molar-refractivity contribution in [1.82, 2.24) is 0 Å². The van der Waals surface area contributed by atoms with Crippen molar-refractivity contribution < 1.29 is 22.7 Å². The Labute approximate surface area is 159 Å². The molecule has 0 saturated carbocycles. The fourth-order valence-electron chi connectivity index (χ4n) is 2.57. The fraction of sp³-hybridized carbons (Fsp3) is 0.300. The van der Waals surface area contributed by atoms with Crippen LogP contribution in [0.15, 0.2) is 53.4 Å². The summed E-state index contributed by atoms with van der Waals surface area (Å²) >= 11 is 0. The van der Waals surface area contributed by atoms with Crippen molar-refractivity contribution in [2.75, 3.05) is 17.7 Å². The number of hydrogen-bond acceptors (Lipinski definition) is 5. The van der Waals surface area contributed by atoms with Gasteiger partial charge in [0.1, 0.15) is 0 Å². The van der Waals surface area contributed by atoms with Crippen LogP contribution < -0.4 is 5.32 Å². The van der Waals surface area contributed by atoms with Crippen molar-refractivity contribution in [2.24, 2.45) is 0 Å². The van der Waals surface area contributed by atoms with E-state index in [-0.39, 0.29) is 22.1 Å². The van der Waals surface area contributed by atoms with Crippen LogP contribution in [0, 0.1) is 0 Å². The van der Waals surface area contributed by atoms with Gasteiger partial charge in [-0.3, -0.25) is 4.79 Å². The molecule has 0 aliphatic rings. The molecule has 2 aromatic carbocycles. The Balaban J connectivity index is 2.08. The van der Waals surface area contributed by atoms with E-state index >= 15 is 0 Å². The van der Waals surface area contributed by atoms with E-state index in [4.69, 9.17) is 4.74 Å². The highest BCUT2D eigenvalue weighted by atomic mass is 32.2. The molecule has 2 rings (SSSR count). The number of benzene rings is 2. The lowest BCUT2D eigenvalue weighted by molar-refractivity contribution is -0.119. The van der Waals surface area contributed by atoms with Gasteiger partial charge in [0.05, 0.1) is 16.2 Å². The maximum absolute atomic E-state index is 12.3. The summed E-state index contributed by atoms with van der Waals surface area (Å²) in [7, 11) is -3.58. The molecule has 0 radical (unpaired) electrons. The Morgan fingerprint density at radius 2 is 1.67 bits per heavy atom. The average molecular weight is 389 g/mol. The maximum Gasteiger partial charge on any atom is 0.339 e. The van der Waals surface area contributed by atoms with Gasteiger partial charge in [0, 0.05) is 5.69 Å². The van der Waals surface area contributed by atoms with Gasteiger partial charge in [-0.1, -0.05) is 51.1 Å². The van der Waals surface area contributed by atoms with Crippen LogP contribution in [0.3, 0.4) is 0 Å². The van der Waals surface area contributed by atoms with Gasteiger partial charge in [0.2, 0.25) is 0 Å². The van der Waals surface area contributed by atoms with E-state index in [1.165, 1.54) is 25.1 Å². The zero-order chi connectivity index (χ0) is 20.0. The topological polar surface area (TPSA) is 89.5 Å². The molecular weight excluding hydrogens is 366 g/mol. The molecule has 0 atom stereocenters. The van der Waals surface area contributed by atoms with Crippen LogP contribution in [0.25, 0.3) is 0 Å². The van der Waals surface area contributed by atoms with Gasteiger partial charge in [-0.15, -0.1) is 0 Å². The highest BCUT2D eigenvalue weighted by molar-refractivity contribution is 7.91. The Kier molecular flexibility index (Phi) is 6.74. The van der Waals surface area contributed by atoms with Crippen molar-refractivity contribution in [3.8, 4) is 0 Å². The summed E-state index contributed by atoms with van der Waals surface area (Å²) in [6.45, 7) is 5.01. The van der Waals surface area contributed by atoms with Gasteiger partial charge in [-0.2, -0.15) is 0 Å². The fourth-order valence-corrected chi connectivity index (χ4v) is 3.65. The molecular formula is C20H23NO5S. The first kappa shape index (κ1) is 20.6. The number of sulfone groups is 1. The third-order valence-electron chi connectivity index (χ3n) is 4.01. The second kappa shape index (κ2) is 8.81. The van der Waals surface area contributed by atoms with Crippen LogP contribution in [0.2, 0.25) is 0 Å². The number of ether oxygens (including phenoxy) is 1. The number of nitrogens with one attached hydrogen (secondary N) is 1. The Morgan fingerprint density at radius 1 is 1.04 bits per heavy atom. The van der Waals surface area contributed by atoms with Crippen LogP contribution in [-0.2, 0) is 19.4 Å². The van der Waals surface area contributed by atoms with Crippen molar-refractivity contribution in [2.45, 2.75) is 31.6 Å². The molecule has 1 N–H and O–H groups in total. The monoisotopic (exact) mass is 389 g/mol. The summed E-state index contributed by atoms with van der Waals surface area (Å²) in [4.78, 5) is 24.4. The summed E-state index contributed by atoms with van der Waals surface area (Å²) in [5, 5.41) is 2.72. The molecule has 0 fully saturated rings. The van der Waals surface area contributed by atoms with E-state index in [9.17, 15) is 18.0 Å². The van der Waals surface area contributed by atoms with Crippen molar-refractivity contribution >= 4 is 27.4 Å². The molecule has 7 heteroatoms. The lowest BCUT2D eigenvalue weighted by atomic mass is 10.0. The van der Waals surface area contributed by atoms with E-state index in [0.29, 0.717) is 5.69 Å². The van der Waals surface area contributed by atoms with Crippen LogP contribution in [0.4, 0.5) is 5.69 Å². The molecule has 6 nitrogen and oxygen atoms in total. The largest absolute Gasteiger partial charge is 0.452 e. The number of carbonyl (C=O) groups is 2. The number of carbonyl (C=O) groups excluding carboxylic acids is 2. The standard InChI is InChI=1S/C20H23NO5S/c1-4-27(24,25)18-12-8-6-10-16(18)20(23)26-13-19(22)21-17-11-7-5-9-15(17)14(2)3/h5-12,14H,4,13H2,1-3H3,(H,21,22). The number of rotatable bonds is 7. The minimum absolute atomic E-state index is 0.0743. The Hall–Kier alpha value is -2.67. The second-order valence-electron chi connectivity index (χ2n) is 6.27. The predicted octanol–water partition coefficient (Wildman–Crippen LogP) is 3.40. The number of amides is 1. The third-order valence-corrected chi connectivity index (χ3v) is 5.80. The summed E-state index contributed by atoms with van der Waals surface area (Å²) in [6, 6.07) is 13.2. The van der Waals surface area contributed by atoms with E-state index < -0.39 is 28.3 Å². The van der Waals surface area contributed by atoms with E-state index in [0.717, 1.165) is 5.56 Å². The smallest absolute Gasteiger partial charge is 0.339 e. The zero-order valence-corrected chi connectivity index (χ0v) is 16.4. The van der Waals surface area contributed by atoms with Crippen LogP contribution in [-0.4, -0.2) is 32.7 Å². The van der Waals surface area contributed by atoms with E-state index in [1.54, 1.807) is 18.2 Å². The number of esters is 1. The highest BCUT2D eigenvalue weighted by Gasteiger charge is 2.22. The minimum Gasteiger partial charge on any atom is -0.452 e. The first-order valence-electron chi connectivity index (χ1n) is 8.64. The molecule has 0 aliphatic heterocycles. The molecule has 0 saturated heterocycles. The number of anilines is 1. The van der Waals surface area contributed by atoms with Crippen LogP contribution >= 0.6 is 0 Å². The molecule has 0 heterocycles. The van der Waals surface area contributed by atoms with Gasteiger partial charge in [0.25, 0.3) is 5.91 Å². The van der Waals surface area contributed by atoms with Gasteiger partial charge < -0.3 is 10.1 Å². The molecule has 27 heavy (non-hydrogen) atoms. The zero-order valence-electron chi connectivity index (χ0n) is 15.6. The molecule has 2 aromatic rings. The lowest BCUT2D eigenvalue weighted by Crippen LogP contribution is -2.22. The van der Waals surface area contributed by atoms with Crippen LogP contribution in [0.5, 0.6) is 0 Å². The predicted molar refractivity (Wildman–Crippen MR) is 104 cm³/mol. The van der Waals surface area contributed by atoms with Crippen molar-refractivity contribution in [3.05, 3.63) is 59.7 Å². The van der Waals surface area contributed by atoms with Gasteiger partial charge in [0.15, 0.2) is 16.4 Å². The molecule has 0 spiro atoms.